The molecule has 0 saturated heterocycles. The smallest absolute Gasteiger partial charge is 0.126 e. The number of rotatable bonds is 4. The molecule has 174 valence electrons. The van der Waals surface area contributed by atoms with Gasteiger partial charge in [0.1, 0.15) is 23.3 Å². The van der Waals surface area contributed by atoms with E-state index in [2.05, 4.69) is 20.4 Å². The summed E-state index contributed by atoms with van der Waals surface area (Å²) < 4.78 is 55.5. The molecule has 6 nitrogen and oxygen atoms in total. The van der Waals surface area contributed by atoms with E-state index in [0.717, 1.165) is 23.5 Å². The van der Waals surface area contributed by atoms with Crippen LogP contribution in [-0.2, 0) is 13.6 Å². The Morgan fingerprint density at radius 1 is 0.765 bits per heavy atom. The zero-order valence-corrected chi connectivity index (χ0v) is 18.3. The third-order valence-electron chi connectivity index (χ3n) is 4.95. The van der Waals surface area contributed by atoms with Crippen LogP contribution in [-0.4, -0.2) is 29.8 Å². The molecule has 0 amide bonds. The second-order valence-corrected chi connectivity index (χ2v) is 7.63. The molecule has 2 aromatic carbocycles. The largest absolute Gasteiger partial charge is 0.285 e. The first-order valence-electron chi connectivity index (χ1n) is 10.2. The zero-order chi connectivity index (χ0) is 24.2. The monoisotopic (exact) mass is 468 g/mol. The Morgan fingerprint density at radius 2 is 1.35 bits per heavy atom. The number of benzene rings is 2. The number of aromatic amines is 1. The van der Waals surface area contributed by atoms with Crippen LogP contribution >= 0.6 is 0 Å². The van der Waals surface area contributed by atoms with Crippen LogP contribution in [0, 0.1) is 30.2 Å². The van der Waals surface area contributed by atoms with Crippen molar-refractivity contribution in [3.05, 3.63) is 102 Å². The first-order chi connectivity index (χ1) is 16.3. The minimum atomic E-state index is -0.597. The molecule has 0 aliphatic carbocycles. The van der Waals surface area contributed by atoms with Gasteiger partial charge >= 0.3 is 0 Å². The van der Waals surface area contributed by atoms with Crippen LogP contribution in [0.4, 0.5) is 17.6 Å². The van der Waals surface area contributed by atoms with Gasteiger partial charge in [-0.1, -0.05) is 0 Å². The molecule has 0 unspecified atom stereocenters. The van der Waals surface area contributed by atoms with E-state index in [4.69, 9.17) is 0 Å². The fourth-order valence-electron chi connectivity index (χ4n) is 3.43. The van der Waals surface area contributed by atoms with Gasteiger partial charge in [0, 0.05) is 42.7 Å². The average molecular weight is 468 g/mol. The van der Waals surface area contributed by atoms with Crippen LogP contribution in [0.1, 0.15) is 11.4 Å². The Morgan fingerprint density at radius 3 is 1.85 bits per heavy atom. The summed E-state index contributed by atoms with van der Waals surface area (Å²) in [5, 5.41) is 14.8. The third-order valence-corrected chi connectivity index (χ3v) is 4.95. The quantitative estimate of drug-likeness (QED) is 0.366. The highest BCUT2D eigenvalue weighted by Crippen LogP contribution is 2.22. The summed E-state index contributed by atoms with van der Waals surface area (Å²) in [6, 6.07) is 8.76. The summed E-state index contributed by atoms with van der Waals surface area (Å²) in [6.07, 6.45) is 6.44. The van der Waals surface area contributed by atoms with Crippen molar-refractivity contribution in [1.82, 2.24) is 29.8 Å². The molecule has 5 rings (SSSR count). The molecule has 0 bridgehead atoms. The van der Waals surface area contributed by atoms with Crippen LogP contribution in [0.2, 0.25) is 0 Å². The highest BCUT2D eigenvalue weighted by molar-refractivity contribution is 5.62. The van der Waals surface area contributed by atoms with Crippen LogP contribution in [0.15, 0.2) is 67.3 Å². The molecule has 3 heterocycles. The Balaban J connectivity index is 0.000000180. The fraction of sp³-hybridized carbons (Fsp3) is 0.125. The molecule has 0 aliphatic heterocycles. The van der Waals surface area contributed by atoms with E-state index in [9.17, 15) is 17.6 Å². The minimum Gasteiger partial charge on any atom is -0.285 e. The van der Waals surface area contributed by atoms with Gasteiger partial charge in [0.05, 0.1) is 30.3 Å². The number of halogens is 4. The standard InChI is InChI=1S/C15H14F2N4.C9H6F2N2/c1-10-3-15(20(2)19-10)9-21-8-12(7-18-21)11-4-13(16)6-14(17)5-11;10-8-1-6(2-9(11)3-8)7-4-12-13-5-7/h3-8H,9H2,1-2H3;1-5H,(H,12,13). The van der Waals surface area contributed by atoms with Gasteiger partial charge in [-0.15, -0.1) is 0 Å². The van der Waals surface area contributed by atoms with E-state index >= 15 is 0 Å². The Hall–Kier alpha value is -4.21. The highest BCUT2D eigenvalue weighted by Gasteiger charge is 2.08. The molecule has 10 heteroatoms. The maximum absolute atomic E-state index is 13.2. The Bertz CT molecular complexity index is 1360. The summed E-state index contributed by atoms with van der Waals surface area (Å²) in [4.78, 5) is 0. The zero-order valence-electron chi connectivity index (χ0n) is 18.3. The lowest BCUT2D eigenvalue weighted by molar-refractivity contribution is 0.583. The van der Waals surface area contributed by atoms with Crippen molar-refractivity contribution < 1.29 is 17.6 Å². The van der Waals surface area contributed by atoms with Crippen molar-refractivity contribution in [2.24, 2.45) is 7.05 Å². The molecule has 0 fully saturated rings. The fourth-order valence-corrected chi connectivity index (χ4v) is 3.43. The third kappa shape index (κ3) is 5.58. The number of H-pyrrole nitrogens is 1. The van der Waals surface area contributed by atoms with E-state index in [0.29, 0.717) is 28.8 Å². The number of nitrogens with one attached hydrogen (secondary N) is 1. The van der Waals surface area contributed by atoms with E-state index in [-0.39, 0.29) is 0 Å². The van der Waals surface area contributed by atoms with E-state index in [1.165, 1.54) is 30.5 Å². The van der Waals surface area contributed by atoms with E-state index < -0.39 is 23.3 Å². The van der Waals surface area contributed by atoms with Crippen molar-refractivity contribution in [3.63, 3.8) is 0 Å². The summed E-state index contributed by atoms with van der Waals surface area (Å²) >= 11 is 0. The second-order valence-electron chi connectivity index (χ2n) is 7.63. The second kappa shape index (κ2) is 9.74. The molecule has 0 spiro atoms. The van der Waals surface area contributed by atoms with E-state index in [1.54, 1.807) is 28.0 Å². The summed E-state index contributed by atoms with van der Waals surface area (Å²) in [6.45, 7) is 2.47. The number of hydrogen-bond donors (Lipinski definition) is 1. The summed E-state index contributed by atoms with van der Waals surface area (Å²) in [5.74, 6) is -2.37. The molecule has 3 aromatic heterocycles. The lowest BCUT2D eigenvalue weighted by Gasteiger charge is -2.02. The normalized spacial score (nSPS) is 10.8. The van der Waals surface area contributed by atoms with Crippen LogP contribution in [0.25, 0.3) is 22.3 Å². The van der Waals surface area contributed by atoms with Crippen molar-refractivity contribution in [3.8, 4) is 22.3 Å². The predicted octanol–water partition coefficient (Wildman–Crippen LogP) is 5.27. The van der Waals surface area contributed by atoms with Gasteiger partial charge in [0.2, 0.25) is 0 Å². The highest BCUT2D eigenvalue weighted by atomic mass is 19.1. The lowest BCUT2D eigenvalue weighted by Crippen LogP contribution is -2.05. The first kappa shape index (κ1) is 23.0. The van der Waals surface area contributed by atoms with Gasteiger partial charge in [-0.2, -0.15) is 15.3 Å². The van der Waals surface area contributed by atoms with Crippen LogP contribution < -0.4 is 0 Å². The Labute approximate surface area is 192 Å². The van der Waals surface area contributed by atoms with Gasteiger partial charge in [0.25, 0.3) is 0 Å². The van der Waals surface area contributed by atoms with Crippen molar-refractivity contribution >= 4 is 0 Å². The molecule has 5 aromatic rings. The van der Waals surface area contributed by atoms with Crippen LogP contribution in [0.3, 0.4) is 0 Å². The molecular weight excluding hydrogens is 448 g/mol. The molecule has 0 saturated carbocycles. The SMILES string of the molecule is Cc1cc(Cn2cc(-c3cc(F)cc(F)c3)cn2)n(C)n1.Fc1cc(F)cc(-c2cn[nH]c2)c1. The maximum Gasteiger partial charge on any atom is 0.126 e. The number of hydrogen-bond acceptors (Lipinski definition) is 3. The number of aromatic nitrogens is 6. The minimum absolute atomic E-state index is 0.472. The molecular formula is C24H20F4N6. The molecule has 34 heavy (non-hydrogen) atoms. The van der Waals surface area contributed by atoms with Gasteiger partial charge in [-0.25, -0.2) is 17.6 Å². The predicted molar refractivity (Wildman–Crippen MR) is 119 cm³/mol. The van der Waals surface area contributed by atoms with Crippen molar-refractivity contribution in [1.29, 1.82) is 0 Å². The lowest BCUT2D eigenvalue weighted by atomic mass is 10.1. The van der Waals surface area contributed by atoms with Gasteiger partial charge in [-0.05, 0) is 48.4 Å². The molecule has 0 atom stereocenters. The summed E-state index contributed by atoms with van der Waals surface area (Å²) in [7, 11) is 1.87. The Kier molecular flexibility index (Phi) is 6.58. The van der Waals surface area contributed by atoms with E-state index in [1.807, 2.05) is 20.0 Å². The molecule has 0 radical (unpaired) electrons. The topological polar surface area (TPSA) is 64.3 Å². The van der Waals surface area contributed by atoms with Gasteiger partial charge in [-0.3, -0.25) is 14.5 Å². The van der Waals surface area contributed by atoms with Crippen LogP contribution in [0.5, 0.6) is 0 Å². The molecule has 1 N–H and O–H groups in total. The average Bonchev–Trinajstić information content (AvgIpc) is 3.50. The maximum atomic E-state index is 13.2. The first-order valence-corrected chi connectivity index (χ1v) is 10.2. The van der Waals surface area contributed by atoms with Crippen molar-refractivity contribution in [2.45, 2.75) is 13.5 Å². The molecule has 0 aliphatic rings. The number of aryl methyl sites for hydroxylation is 2. The number of nitrogens with zero attached hydrogens (tertiary/aromatic N) is 5. The van der Waals surface area contributed by atoms with Gasteiger partial charge < -0.3 is 0 Å². The summed E-state index contributed by atoms with van der Waals surface area (Å²) in [5.41, 5.74) is 4.23. The van der Waals surface area contributed by atoms with Crippen molar-refractivity contribution in [2.75, 3.05) is 0 Å². The van der Waals surface area contributed by atoms with Gasteiger partial charge in [0.15, 0.2) is 0 Å².